The van der Waals surface area contributed by atoms with Gasteiger partial charge in [-0.05, 0) is 77.2 Å². The summed E-state index contributed by atoms with van der Waals surface area (Å²) in [6, 6.07) is 1.69. The molecule has 0 amide bonds. The van der Waals surface area contributed by atoms with Gasteiger partial charge in [0.05, 0.1) is 0 Å². The van der Waals surface area contributed by atoms with Gasteiger partial charge in [0.15, 0.2) is 0 Å². The predicted octanol–water partition coefficient (Wildman–Crippen LogP) is 1.93. The van der Waals surface area contributed by atoms with Crippen LogP contribution in [-0.2, 0) is 0 Å². The van der Waals surface area contributed by atoms with E-state index in [-0.39, 0.29) is 0 Å². The lowest BCUT2D eigenvalue weighted by Gasteiger charge is -2.41. The monoisotopic (exact) mass is 265 g/mol. The molecule has 0 radical (unpaired) electrons. The molecule has 3 fully saturated rings. The highest BCUT2D eigenvalue weighted by Gasteiger charge is 2.33. The van der Waals surface area contributed by atoms with Crippen LogP contribution in [0.25, 0.3) is 0 Å². The summed E-state index contributed by atoms with van der Waals surface area (Å²) in [7, 11) is 2.25. The van der Waals surface area contributed by atoms with Crippen LogP contribution in [-0.4, -0.2) is 61.7 Å². The minimum Gasteiger partial charge on any atom is -0.313 e. The molecule has 3 aliphatic rings. The first-order chi connectivity index (χ1) is 9.15. The number of nitrogens with one attached hydrogen (secondary N) is 1. The van der Waals surface area contributed by atoms with Gasteiger partial charge in [0, 0.05) is 18.6 Å². The Hall–Kier alpha value is -0.120. The lowest BCUT2D eigenvalue weighted by Crippen LogP contribution is -2.49. The van der Waals surface area contributed by atoms with Crippen LogP contribution < -0.4 is 5.32 Å². The van der Waals surface area contributed by atoms with Crippen LogP contribution in [0.15, 0.2) is 0 Å². The van der Waals surface area contributed by atoms with Crippen molar-refractivity contribution in [3.05, 3.63) is 0 Å². The first kappa shape index (κ1) is 13.8. The maximum Gasteiger partial charge on any atom is 0.0111 e. The molecule has 0 spiro atoms. The molecular weight excluding hydrogens is 234 g/mol. The van der Waals surface area contributed by atoms with Crippen LogP contribution in [0.5, 0.6) is 0 Å². The number of hydrogen-bond donors (Lipinski definition) is 1. The van der Waals surface area contributed by atoms with Gasteiger partial charge in [0.2, 0.25) is 0 Å². The van der Waals surface area contributed by atoms with E-state index in [1.54, 1.807) is 0 Å². The van der Waals surface area contributed by atoms with Crippen molar-refractivity contribution in [2.24, 2.45) is 5.41 Å². The molecule has 19 heavy (non-hydrogen) atoms. The van der Waals surface area contributed by atoms with E-state index in [1.165, 1.54) is 71.2 Å². The van der Waals surface area contributed by atoms with Crippen molar-refractivity contribution in [1.29, 1.82) is 0 Å². The molecule has 2 atom stereocenters. The van der Waals surface area contributed by atoms with E-state index in [1.807, 2.05) is 0 Å². The zero-order valence-electron chi connectivity index (χ0n) is 12.8. The summed E-state index contributed by atoms with van der Waals surface area (Å²) in [4.78, 5) is 5.19. The fraction of sp³-hybridized carbons (Fsp3) is 1.00. The molecule has 3 aliphatic heterocycles. The van der Waals surface area contributed by atoms with E-state index in [0.717, 1.165) is 12.1 Å². The summed E-state index contributed by atoms with van der Waals surface area (Å²) in [5, 5.41) is 3.91. The van der Waals surface area contributed by atoms with E-state index in [0.29, 0.717) is 5.41 Å². The van der Waals surface area contributed by atoms with Crippen molar-refractivity contribution in [2.45, 2.75) is 57.5 Å². The Morgan fingerprint density at radius 1 is 1.11 bits per heavy atom. The molecule has 0 aromatic rings. The predicted molar refractivity (Wildman–Crippen MR) is 80.5 cm³/mol. The first-order valence-electron chi connectivity index (χ1n) is 8.31. The fourth-order valence-corrected chi connectivity index (χ4v) is 4.14. The van der Waals surface area contributed by atoms with Gasteiger partial charge in [-0.25, -0.2) is 0 Å². The van der Waals surface area contributed by atoms with Gasteiger partial charge >= 0.3 is 0 Å². The van der Waals surface area contributed by atoms with E-state index in [2.05, 4.69) is 29.1 Å². The SMILES string of the molecule is CN1CCC(C)(CNC2CCN3CCCC3C2)CC1. The Kier molecular flexibility index (Phi) is 4.16. The van der Waals surface area contributed by atoms with Crippen molar-refractivity contribution >= 4 is 0 Å². The van der Waals surface area contributed by atoms with Gasteiger partial charge < -0.3 is 15.1 Å². The summed E-state index contributed by atoms with van der Waals surface area (Å²) in [6.45, 7) is 8.97. The van der Waals surface area contributed by atoms with Gasteiger partial charge in [-0.15, -0.1) is 0 Å². The number of nitrogens with zero attached hydrogens (tertiary/aromatic N) is 2. The van der Waals surface area contributed by atoms with Gasteiger partial charge in [0.1, 0.15) is 0 Å². The quantitative estimate of drug-likeness (QED) is 0.841. The largest absolute Gasteiger partial charge is 0.313 e. The molecule has 0 aliphatic carbocycles. The zero-order valence-corrected chi connectivity index (χ0v) is 12.8. The molecule has 3 heterocycles. The number of rotatable bonds is 3. The lowest BCUT2D eigenvalue weighted by atomic mass is 9.80. The van der Waals surface area contributed by atoms with Gasteiger partial charge in [-0.3, -0.25) is 0 Å². The summed E-state index contributed by atoms with van der Waals surface area (Å²) in [6.07, 6.45) is 8.36. The van der Waals surface area contributed by atoms with Gasteiger partial charge in [-0.1, -0.05) is 6.92 Å². The smallest absolute Gasteiger partial charge is 0.0111 e. The Labute approximate surface area is 118 Å². The number of likely N-dealkylation sites (tertiary alicyclic amines) is 1. The van der Waals surface area contributed by atoms with Crippen molar-refractivity contribution < 1.29 is 0 Å². The lowest BCUT2D eigenvalue weighted by molar-refractivity contribution is 0.118. The number of piperidine rings is 2. The Bertz CT molecular complexity index is 296. The highest BCUT2D eigenvalue weighted by atomic mass is 15.2. The third-order valence-corrected chi connectivity index (χ3v) is 5.83. The average Bonchev–Trinajstić information content (AvgIpc) is 2.88. The maximum atomic E-state index is 3.91. The normalized spacial score (nSPS) is 36.3. The van der Waals surface area contributed by atoms with Crippen molar-refractivity contribution in [3.8, 4) is 0 Å². The van der Waals surface area contributed by atoms with Crippen LogP contribution in [0.1, 0.15) is 45.4 Å². The molecule has 0 aromatic carbocycles. The zero-order chi connectivity index (χ0) is 13.3. The summed E-state index contributed by atoms with van der Waals surface area (Å²) in [5.74, 6) is 0. The average molecular weight is 265 g/mol. The standard InChI is InChI=1S/C16H31N3/c1-16(6-10-18(2)11-7-16)13-17-14-5-9-19-8-3-4-15(19)12-14/h14-15,17H,3-13H2,1-2H3. The van der Waals surface area contributed by atoms with Crippen LogP contribution in [0.2, 0.25) is 0 Å². The highest BCUT2D eigenvalue weighted by Crippen LogP contribution is 2.31. The molecular formula is C16H31N3. The molecule has 0 saturated carbocycles. The van der Waals surface area contributed by atoms with Crippen LogP contribution in [0, 0.1) is 5.41 Å². The minimum atomic E-state index is 0.541. The summed E-state index contributed by atoms with van der Waals surface area (Å²) in [5.41, 5.74) is 0.541. The number of hydrogen-bond acceptors (Lipinski definition) is 3. The second kappa shape index (κ2) is 5.71. The highest BCUT2D eigenvalue weighted by molar-refractivity contribution is 4.91. The molecule has 1 N–H and O–H groups in total. The minimum absolute atomic E-state index is 0.541. The number of fused-ring (bicyclic) bond motifs is 1. The molecule has 0 aromatic heterocycles. The molecule has 3 nitrogen and oxygen atoms in total. The van der Waals surface area contributed by atoms with Crippen molar-refractivity contribution in [3.63, 3.8) is 0 Å². The van der Waals surface area contributed by atoms with Crippen LogP contribution in [0.3, 0.4) is 0 Å². The molecule has 0 bridgehead atoms. The Morgan fingerprint density at radius 2 is 1.89 bits per heavy atom. The Balaban J connectivity index is 1.44. The third-order valence-electron chi connectivity index (χ3n) is 5.83. The third kappa shape index (κ3) is 3.32. The van der Waals surface area contributed by atoms with Crippen LogP contribution >= 0.6 is 0 Å². The topological polar surface area (TPSA) is 18.5 Å². The fourth-order valence-electron chi connectivity index (χ4n) is 4.14. The van der Waals surface area contributed by atoms with E-state index in [9.17, 15) is 0 Å². The molecule has 3 saturated heterocycles. The summed E-state index contributed by atoms with van der Waals surface area (Å²) >= 11 is 0. The van der Waals surface area contributed by atoms with E-state index < -0.39 is 0 Å². The van der Waals surface area contributed by atoms with E-state index >= 15 is 0 Å². The molecule has 2 unspecified atom stereocenters. The summed E-state index contributed by atoms with van der Waals surface area (Å²) < 4.78 is 0. The van der Waals surface area contributed by atoms with Gasteiger partial charge in [0.25, 0.3) is 0 Å². The molecule has 3 heteroatoms. The Morgan fingerprint density at radius 3 is 2.68 bits per heavy atom. The second-order valence-corrected chi connectivity index (χ2v) is 7.55. The van der Waals surface area contributed by atoms with E-state index in [4.69, 9.17) is 0 Å². The second-order valence-electron chi connectivity index (χ2n) is 7.55. The van der Waals surface area contributed by atoms with Crippen molar-refractivity contribution in [2.75, 3.05) is 39.8 Å². The molecule has 110 valence electrons. The van der Waals surface area contributed by atoms with Gasteiger partial charge in [-0.2, -0.15) is 0 Å². The molecule has 3 rings (SSSR count). The van der Waals surface area contributed by atoms with Crippen molar-refractivity contribution in [1.82, 2.24) is 15.1 Å². The maximum absolute atomic E-state index is 3.91. The van der Waals surface area contributed by atoms with Crippen LogP contribution in [0.4, 0.5) is 0 Å². The first-order valence-corrected chi connectivity index (χ1v) is 8.31.